The van der Waals surface area contributed by atoms with Gasteiger partial charge in [-0.1, -0.05) is 18.2 Å². The van der Waals surface area contributed by atoms with E-state index >= 15 is 0 Å². The van der Waals surface area contributed by atoms with Gasteiger partial charge in [0.25, 0.3) is 0 Å². The molecule has 90 valence electrons. The smallest absolute Gasteiger partial charge is 0.0986 e. The molecular weight excluding hydrogens is 212 g/mol. The number of benzene rings is 1. The first-order valence-corrected chi connectivity index (χ1v) is 6.58. The highest BCUT2D eigenvalue weighted by Gasteiger charge is 2.48. The van der Waals surface area contributed by atoms with E-state index < -0.39 is 0 Å². The molecule has 2 bridgehead atoms. The number of fused-ring (bicyclic) bond motifs is 2. The van der Waals surface area contributed by atoms with Gasteiger partial charge in [-0.15, -0.1) is 0 Å². The zero-order valence-electron chi connectivity index (χ0n) is 9.91. The summed E-state index contributed by atoms with van der Waals surface area (Å²) in [6, 6.07) is 8.70. The Labute approximate surface area is 102 Å². The maximum atomic E-state index is 5.73. The number of nitrogens with one attached hydrogen (secondary N) is 2. The van der Waals surface area contributed by atoms with E-state index in [2.05, 4.69) is 34.9 Å². The Hall–Kier alpha value is -1.06. The SMILES string of the molecule is c1ccc2c(c1)CC1CCC3CC1(NCO3)N2. The van der Waals surface area contributed by atoms with Crippen molar-refractivity contribution >= 4 is 5.69 Å². The van der Waals surface area contributed by atoms with Gasteiger partial charge in [0.1, 0.15) is 0 Å². The number of hydrogen-bond donors (Lipinski definition) is 2. The second-order valence-corrected chi connectivity index (χ2v) is 5.55. The second-order valence-electron chi connectivity index (χ2n) is 5.55. The minimum absolute atomic E-state index is 0.0928. The highest BCUT2D eigenvalue weighted by molar-refractivity contribution is 5.56. The lowest BCUT2D eigenvalue weighted by Crippen LogP contribution is -2.66. The van der Waals surface area contributed by atoms with Gasteiger partial charge < -0.3 is 10.1 Å². The standard InChI is InChI=1S/C14H18N2O/c1-2-4-13-10(3-1)7-11-5-6-12-8-14(11,16-13)15-9-17-12/h1-4,11-12,15-16H,5-9H2. The first kappa shape index (κ1) is 9.92. The van der Waals surface area contributed by atoms with Crippen molar-refractivity contribution in [3.8, 4) is 0 Å². The third-order valence-electron chi connectivity index (χ3n) is 4.63. The average Bonchev–Trinajstić information content (AvgIpc) is 2.36. The first-order valence-electron chi connectivity index (χ1n) is 6.58. The normalized spacial score (nSPS) is 38.8. The Balaban J connectivity index is 1.75. The molecule has 2 aliphatic heterocycles. The molecule has 3 nitrogen and oxygen atoms in total. The van der Waals surface area contributed by atoms with Gasteiger partial charge in [0.2, 0.25) is 0 Å². The van der Waals surface area contributed by atoms with Crippen LogP contribution >= 0.6 is 0 Å². The molecule has 1 aromatic rings. The van der Waals surface area contributed by atoms with Gasteiger partial charge in [-0.2, -0.15) is 0 Å². The van der Waals surface area contributed by atoms with Crippen molar-refractivity contribution < 1.29 is 4.74 Å². The van der Waals surface area contributed by atoms with Crippen LogP contribution in [0.1, 0.15) is 24.8 Å². The van der Waals surface area contributed by atoms with Gasteiger partial charge in [-0.05, 0) is 36.8 Å². The fraction of sp³-hybridized carbons (Fsp3) is 0.571. The summed E-state index contributed by atoms with van der Waals surface area (Å²) < 4.78 is 5.73. The van der Waals surface area contributed by atoms with Crippen LogP contribution in [0.3, 0.4) is 0 Å². The topological polar surface area (TPSA) is 33.3 Å². The molecule has 3 unspecified atom stereocenters. The third-order valence-corrected chi connectivity index (χ3v) is 4.63. The van der Waals surface area contributed by atoms with Crippen LogP contribution in [0.25, 0.3) is 0 Å². The minimum Gasteiger partial charge on any atom is -0.367 e. The summed E-state index contributed by atoms with van der Waals surface area (Å²) in [6.45, 7) is 0.691. The summed E-state index contributed by atoms with van der Waals surface area (Å²) in [6.07, 6.45) is 5.23. The van der Waals surface area contributed by atoms with E-state index in [-0.39, 0.29) is 5.66 Å². The van der Waals surface area contributed by atoms with Crippen LogP contribution in [-0.4, -0.2) is 18.5 Å². The van der Waals surface area contributed by atoms with Gasteiger partial charge in [0, 0.05) is 12.1 Å². The molecule has 0 amide bonds. The van der Waals surface area contributed by atoms with Gasteiger partial charge in [0.15, 0.2) is 0 Å². The van der Waals surface area contributed by atoms with Crippen LogP contribution in [0.2, 0.25) is 0 Å². The fourth-order valence-electron chi connectivity index (χ4n) is 3.71. The largest absolute Gasteiger partial charge is 0.367 e. The monoisotopic (exact) mass is 230 g/mol. The summed E-state index contributed by atoms with van der Waals surface area (Å²) in [7, 11) is 0. The molecule has 1 saturated carbocycles. The lowest BCUT2D eigenvalue weighted by molar-refractivity contribution is -0.0838. The van der Waals surface area contributed by atoms with Gasteiger partial charge >= 0.3 is 0 Å². The van der Waals surface area contributed by atoms with E-state index in [4.69, 9.17) is 4.74 Å². The van der Waals surface area contributed by atoms with Gasteiger partial charge in [-0.3, -0.25) is 5.32 Å². The van der Waals surface area contributed by atoms with Crippen molar-refractivity contribution in [1.82, 2.24) is 5.32 Å². The first-order chi connectivity index (χ1) is 8.36. The molecule has 0 aromatic heterocycles. The molecule has 17 heavy (non-hydrogen) atoms. The highest BCUT2D eigenvalue weighted by Crippen LogP contribution is 2.44. The predicted molar refractivity (Wildman–Crippen MR) is 66.7 cm³/mol. The molecule has 3 aliphatic rings. The van der Waals surface area contributed by atoms with E-state index in [0.29, 0.717) is 18.8 Å². The van der Waals surface area contributed by atoms with Crippen LogP contribution in [-0.2, 0) is 11.2 Å². The summed E-state index contributed by atoms with van der Waals surface area (Å²) in [5, 5.41) is 7.33. The molecule has 1 aliphatic carbocycles. The summed E-state index contributed by atoms with van der Waals surface area (Å²) in [4.78, 5) is 0. The lowest BCUT2D eigenvalue weighted by atomic mass is 9.71. The van der Waals surface area contributed by atoms with Crippen LogP contribution in [0, 0.1) is 5.92 Å². The summed E-state index contributed by atoms with van der Waals surface area (Å²) >= 11 is 0. The molecule has 1 saturated heterocycles. The van der Waals surface area contributed by atoms with Crippen molar-refractivity contribution in [2.45, 2.75) is 37.5 Å². The van der Waals surface area contributed by atoms with E-state index in [1.165, 1.54) is 30.5 Å². The Kier molecular flexibility index (Phi) is 2.02. The van der Waals surface area contributed by atoms with Crippen LogP contribution in [0.4, 0.5) is 5.69 Å². The number of rotatable bonds is 0. The molecule has 2 heterocycles. The molecule has 2 N–H and O–H groups in total. The van der Waals surface area contributed by atoms with Crippen LogP contribution < -0.4 is 10.6 Å². The molecule has 1 spiro atoms. The average molecular weight is 230 g/mol. The second kappa shape index (κ2) is 3.47. The maximum Gasteiger partial charge on any atom is 0.0986 e. The number of hydrogen-bond acceptors (Lipinski definition) is 3. The number of ether oxygens (including phenoxy) is 1. The Morgan fingerprint density at radius 3 is 3.18 bits per heavy atom. The maximum absolute atomic E-state index is 5.73. The van der Waals surface area contributed by atoms with E-state index in [9.17, 15) is 0 Å². The zero-order chi connectivity index (χ0) is 11.3. The van der Waals surface area contributed by atoms with Crippen molar-refractivity contribution in [2.75, 3.05) is 12.0 Å². The molecule has 2 fully saturated rings. The van der Waals surface area contributed by atoms with E-state index in [1.54, 1.807) is 0 Å². The van der Waals surface area contributed by atoms with Gasteiger partial charge in [-0.25, -0.2) is 0 Å². The van der Waals surface area contributed by atoms with Crippen LogP contribution in [0.5, 0.6) is 0 Å². The molecule has 3 heteroatoms. The van der Waals surface area contributed by atoms with E-state index in [1.807, 2.05) is 0 Å². The number of anilines is 1. The lowest BCUT2D eigenvalue weighted by Gasteiger charge is -2.54. The summed E-state index contributed by atoms with van der Waals surface area (Å²) in [5.41, 5.74) is 2.86. The molecule has 3 atom stereocenters. The summed E-state index contributed by atoms with van der Waals surface area (Å²) in [5.74, 6) is 0.706. The number of para-hydroxylation sites is 1. The Morgan fingerprint density at radius 2 is 2.18 bits per heavy atom. The quantitative estimate of drug-likeness (QED) is 0.716. The van der Waals surface area contributed by atoms with E-state index in [0.717, 1.165) is 6.42 Å². The minimum atomic E-state index is 0.0928. The van der Waals surface area contributed by atoms with Crippen molar-refractivity contribution in [3.63, 3.8) is 0 Å². The van der Waals surface area contributed by atoms with Gasteiger partial charge in [0.05, 0.1) is 18.5 Å². The zero-order valence-corrected chi connectivity index (χ0v) is 9.91. The van der Waals surface area contributed by atoms with Crippen molar-refractivity contribution in [3.05, 3.63) is 29.8 Å². The van der Waals surface area contributed by atoms with Crippen molar-refractivity contribution in [1.29, 1.82) is 0 Å². The molecular formula is C14H18N2O. The third kappa shape index (κ3) is 1.42. The molecule has 4 rings (SSSR count). The molecule has 0 radical (unpaired) electrons. The van der Waals surface area contributed by atoms with Crippen LogP contribution in [0.15, 0.2) is 24.3 Å². The molecule has 1 aromatic carbocycles. The fourth-order valence-corrected chi connectivity index (χ4v) is 3.71. The van der Waals surface area contributed by atoms with Crippen molar-refractivity contribution in [2.24, 2.45) is 5.92 Å². The Bertz CT molecular complexity index is 448. The highest BCUT2D eigenvalue weighted by atomic mass is 16.5. The predicted octanol–water partition coefficient (Wildman–Crippen LogP) is 2.10. The Morgan fingerprint density at radius 1 is 1.24 bits per heavy atom.